The van der Waals surface area contributed by atoms with Gasteiger partial charge in [-0.25, -0.2) is 19.3 Å². The maximum Gasteiger partial charge on any atom is 2.00 e. The summed E-state index contributed by atoms with van der Waals surface area (Å²) in [5.41, 5.74) is 6.21. The minimum absolute atomic E-state index is 0. The first kappa shape index (κ1) is 38.9. The Hall–Kier alpha value is -4.30. The topological polar surface area (TPSA) is 78.6 Å². The van der Waals surface area contributed by atoms with Crippen LogP contribution in [0.4, 0.5) is 11.4 Å². The van der Waals surface area contributed by atoms with Crippen molar-refractivity contribution in [1.29, 1.82) is 0 Å². The fourth-order valence-electron chi connectivity index (χ4n) is 5.14. The molecule has 5 rings (SSSR count). The molecule has 0 spiro atoms. The van der Waals surface area contributed by atoms with E-state index in [9.17, 15) is 9.59 Å². The van der Waals surface area contributed by atoms with Gasteiger partial charge in [0.25, 0.3) is 11.1 Å². The number of allylic oxidation sites excluding steroid dienone is 3. The normalized spacial score (nSPS) is 11.4. The van der Waals surface area contributed by atoms with Gasteiger partial charge < -0.3 is 24.8 Å². The Morgan fingerprint density at radius 2 is 0.979 bits per heavy atom. The van der Waals surface area contributed by atoms with E-state index in [4.69, 9.17) is 9.98 Å². The van der Waals surface area contributed by atoms with Crippen LogP contribution in [0.1, 0.15) is 30.8 Å². The molecule has 0 saturated carbocycles. The number of para-hydroxylation sites is 2. The van der Waals surface area contributed by atoms with E-state index < -0.39 is 0 Å². The van der Waals surface area contributed by atoms with Crippen LogP contribution in [0.2, 0.25) is 0 Å². The number of halogens is 2. The van der Waals surface area contributed by atoms with E-state index in [1.807, 2.05) is 160 Å². The molecule has 11 heteroatoms. The Bertz CT molecular complexity index is 1930. The van der Waals surface area contributed by atoms with Crippen molar-refractivity contribution < 1.29 is 44.3 Å². The number of benzene rings is 3. The third-order valence-corrected chi connectivity index (χ3v) is 7.74. The monoisotopic (exact) mass is 718 g/mol. The van der Waals surface area contributed by atoms with Crippen LogP contribution in [0.5, 0.6) is 0 Å². The maximum absolute atomic E-state index is 13.6. The summed E-state index contributed by atoms with van der Waals surface area (Å²) in [6.45, 7) is 7.48. The average Bonchev–Trinajstić information content (AvgIpc) is 3.38. The van der Waals surface area contributed by atoms with Crippen LogP contribution < -0.4 is 35.9 Å². The number of hydrogen-bond donors (Lipinski definition) is 0. The summed E-state index contributed by atoms with van der Waals surface area (Å²) < 4.78 is 6.84. The second-order valence-corrected chi connectivity index (χ2v) is 10.6. The largest absolute Gasteiger partial charge is 2.00 e. The Kier molecular flexibility index (Phi) is 14.1. The van der Waals surface area contributed by atoms with Gasteiger partial charge in [-0.2, -0.15) is 0 Å². The number of rotatable bonds is 8. The molecule has 47 heavy (non-hydrogen) atoms. The van der Waals surface area contributed by atoms with E-state index >= 15 is 0 Å². The summed E-state index contributed by atoms with van der Waals surface area (Å²) in [4.78, 5) is 37.0. The Balaban J connectivity index is 0.00000256. The molecule has 0 radical (unpaired) electrons. The predicted octanol–water partition coefficient (Wildman–Crippen LogP) is 0.813. The van der Waals surface area contributed by atoms with Gasteiger partial charge in [0.1, 0.15) is 0 Å². The molecule has 0 atom stereocenters. The van der Waals surface area contributed by atoms with Gasteiger partial charge in [-0.3, -0.25) is 19.0 Å². The van der Waals surface area contributed by atoms with Gasteiger partial charge in [-0.1, -0.05) is 85.0 Å². The number of aromatic nitrogens is 4. The van der Waals surface area contributed by atoms with Crippen molar-refractivity contribution in [3.05, 3.63) is 146 Å². The molecule has 0 aliphatic carbocycles. The van der Waals surface area contributed by atoms with Crippen LogP contribution >= 0.6 is 0 Å². The SMILES string of the molecule is CC(=Nc1c(C)n(C)n(-c2ccccc2)c1=O)C(=C/C=C/c1ccccc1)C(C)=Nc1c(C)n(C)n(-c2ccccc2)c1=O.[Cl-].[Cl-].[Zn+2]. The van der Waals surface area contributed by atoms with Gasteiger partial charge in [0, 0.05) is 31.1 Å². The molecular formula is C36H36Cl2N6O2Zn. The molecule has 5 aromatic rings. The van der Waals surface area contributed by atoms with E-state index in [1.165, 1.54) is 0 Å². The molecule has 0 aliphatic heterocycles. The first-order valence-electron chi connectivity index (χ1n) is 14.4. The third-order valence-electron chi connectivity index (χ3n) is 7.74. The third kappa shape index (κ3) is 8.17. The van der Waals surface area contributed by atoms with E-state index in [2.05, 4.69) is 0 Å². The summed E-state index contributed by atoms with van der Waals surface area (Å²) in [6.07, 6.45) is 5.85. The van der Waals surface area contributed by atoms with Gasteiger partial charge in [0.05, 0.1) is 22.8 Å². The van der Waals surface area contributed by atoms with Crippen LogP contribution in [-0.4, -0.2) is 30.2 Å². The molecule has 3 aromatic carbocycles. The van der Waals surface area contributed by atoms with E-state index in [-0.39, 0.29) is 55.4 Å². The zero-order valence-electron chi connectivity index (χ0n) is 27.4. The number of hydrogen-bond acceptors (Lipinski definition) is 4. The summed E-state index contributed by atoms with van der Waals surface area (Å²) in [6, 6.07) is 29.0. The van der Waals surface area contributed by atoms with E-state index in [0.717, 1.165) is 28.3 Å². The van der Waals surface area contributed by atoms with Gasteiger partial charge in [0.2, 0.25) is 0 Å². The van der Waals surface area contributed by atoms with Gasteiger partial charge in [-0.05, 0) is 57.5 Å². The number of aliphatic imine (C=N–C) groups is 2. The van der Waals surface area contributed by atoms with Crippen LogP contribution in [0, 0.1) is 13.8 Å². The Morgan fingerprint density at radius 1 is 0.617 bits per heavy atom. The van der Waals surface area contributed by atoms with E-state index in [0.29, 0.717) is 28.4 Å². The standard InChI is InChI=1S/C36H36N6O2.2ClH.Zn/c1-25(37-33-27(3)39(5)41(35(33)43)30-20-12-8-13-21-30)32(24-16-19-29-17-10-7-11-18-29)26(2)38-34-28(4)40(6)42(36(34)44)31-22-14-9-15-23-31;;;/h7-24H,1-6H3;2*1H;/q;;;+2/p-2/b19-16+,32-24?,37-25?,38-26?;;;. The van der Waals surface area contributed by atoms with Crippen molar-refractivity contribution in [2.45, 2.75) is 27.7 Å². The van der Waals surface area contributed by atoms with Gasteiger partial charge in [-0.15, -0.1) is 0 Å². The van der Waals surface area contributed by atoms with Crippen LogP contribution in [0.3, 0.4) is 0 Å². The van der Waals surface area contributed by atoms with E-state index in [1.54, 1.807) is 9.36 Å². The molecule has 2 heterocycles. The minimum Gasteiger partial charge on any atom is -1.00 e. The van der Waals surface area contributed by atoms with Crippen molar-refractivity contribution in [2.24, 2.45) is 24.1 Å². The first-order chi connectivity index (χ1) is 21.2. The van der Waals surface area contributed by atoms with Crippen molar-refractivity contribution >= 4 is 28.9 Å². The molecule has 2 aromatic heterocycles. The van der Waals surface area contributed by atoms with Crippen molar-refractivity contribution in [3.63, 3.8) is 0 Å². The molecule has 0 fully saturated rings. The maximum atomic E-state index is 13.6. The molecular weight excluding hydrogens is 685 g/mol. The van der Waals surface area contributed by atoms with Crippen LogP contribution in [0.15, 0.2) is 128 Å². The minimum atomic E-state index is -0.214. The van der Waals surface area contributed by atoms with Crippen LogP contribution in [0.25, 0.3) is 17.5 Å². The summed E-state index contributed by atoms with van der Waals surface area (Å²) in [7, 11) is 3.69. The van der Waals surface area contributed by atoms with Crippen molar-refractivity contribution in [2.75, 3.05) is 0 Å². The Labute approximate surface area is 300 Å². The predicted molar refractivity (Wildman–Crippen MR) is 181 cm³/mol. The van der Waals surface area contributed by atoms with Crippen LogP contribution in [-0.2, 0) is 33.6 Å². The average molecular weight is 721 g/mol. The Morgan fingerprint density at radius 3 is 1.36 bits per heavy atom. The quantitative estimate of drug-likeness (QED) is 0.135. The molecule has 238 valence electrons. The zero-order chi connectivity index (χ0) is 31.4. The zero-order valence-corrected chi connectivity index (χ0v) is 31.8. The summed E-state index contributed by atoms with van der Waals surface area (Å²) in [5.74, 6) is 0. The molecule has 0 aliphatic rings. The van der Waals surface area contributed by atoms with Gasteiger partial charge in [0.15, 0.2) is 11.4 Å². The smallest absolute Gasteiger partial charge is 1.00 e. The second-order valence-electron chi connectivity index (χ2n) is 10.6. The molecule has 0 bridgehead atoms. The summed E-state index contributed by atoms with van der Waals surface area (Å²) >= 11 is 0. The first-order valence-corrected chi connectivity index (χ1v) is 14.4. The molecule has 0 unspecified atom stereocenters. The molecule has 0 N–H and O–H groups in total. The number of nitrogens with zero attached hydrogens (tertiary/aromatic N) is 6. The second kappa shape index (κ2) is 17.0. The fraction of sp³-hybridized carbons (Fsp3) is 0.167. The van der Waals surface area contributed by atoms with Crippen molar-refractivity contribution in [1.82, 2.24) is 18.7 Å². The van der Waals surface area contributed by atoms with Gasteiger partial charge >= 0.3 is 19.5 Å². The summed E-state index contributed by atoms with van der Waals surface area (Å²) in [5, 5.41) is 0. The molecule has 0 amide bonds. The van der Waals surface area contributed by atoms with Crippen molar-refractivity contribution in [3.8, 4) is 11.4 Å². The molecule has 8 nitrogen and oxygen atoms in total. The fourth-order valence-corrected chi connectivity index (χ4v) is 5.14. The molecule has 0 saturated heterocycles.